The molecule has 1 aliphatic carbocycles. The van der Waals surface area contributed by atoms with Gasteiger partial charge in [0.25, 0.3) is 0 Å². The average molecular weight is 457 g/mol. The van der Waals surface area contributed by atoms with Crippen LogP contribution in [0.15, 0.2) is 41.1 Å². The fourth-order valence-electron chi connectivity index (χ4n) is 3.79. The maximum atomic E-state index is 12.8. The van der Waals surface area contributed by atoms with E-state index in [-0.39, 0.29) is 12.2 Å². The van der Waals surface area contributed by atoms with Crippen molar-refractivity contribution in [3.05, 3.63) is 36.7 Å². The zero-order chi connectivity index (χ0) is 23.3. The lowest BCUT2D eigenvalue weighted by atomic mass is 10.1. The van der Waals surface area contributed by atoms with Crippen LogP contribution in [0, 0.1) is 11.8 Å². The summed E-state index contributed by atoms with van der Waals surface area (Å²) in [6.45, 7) is 0. The van der Waals surface area contributed by atoms with Gasteiger partial charge < -0.3 is 19.8 Å². The number of alkyl halides is 3. The van der Waals surface area contributed by atoms with Crippen molar-refractivity contribution in [1.29, 1.82) is 0 Å². The monoisotopic (exact) mass is 457 g/mol. The quantitative estimate of drug-likeness (QED) is 0.451. The minimum absolute atomic E-state index is 0.132. The molecule has 1 aromatic carbocycles. The molecular formula is C22H18F3N5O3. The molecule has 11 heteroatoms. The number of carbonyl (C=O) groups is 1. The van der Waals surface area contributed by atoms with Crippen molar-refractivity contribution < 1.29 is 27.1 Å². The van der Waals surface area contributed by atoms with E-state index in [4.69, 9.17) is 9.15 Å². The number of hydrogen-bond donors (Lipinski definition) is 2. The predicted octanol–water partition coefficient (Wildman–Crippen LogP) is 4.63. The van der Waals surface area contributed by atoms with Gasteiger partial charge in [0.1, 0.15) is 22.9 Å². The first-order valence-electron chi connectivity index (χ1n) is 10.1. The predicted molar refractivity (Wildman–Crippen MR) is 115 cm³/mol. The van der Waals surface area contributed by atoms with E-state index in [1.807, 2.05) is 0 Å². The van der Waals surface area contributed by atoms with Crippen LogP contribution in [-0.4, -0.2) is 41.2 Å². The van der Waals surface area contributed by atoms with Gasteiger partial charge >= 0.3 is 6.18 Å². The van der Waals surface area contributed by atoms with Crippen LogP contribution in [-0.2, 0) is 4.79 Å². The fraction of sp³-hybridized carbons (Fsp3) is 0.273. The van der Waals surface area contributed by atoms with E-state index in [9.17, 15) is 18.0 Å². The highest BCUT2D eigenvalue weighted by atomic mass is 19.4. The Balaban J connectivity index is 1.53. The molecule has 4 aromatic rings. The molecule has 0 unspecified atom stereocenters. The third-order valence-electron chi connectivity index (χ3n) is 5.63. The summed E-state index contributed by atoms with van der Waals surface area (Å²) in [5.41, 5.74) is 1.67. The normalized spacial score (nSPS) is 17.8. The highest BCUT2D eigenvalue weighted by Gasteiger charge is 2.58. The average Bonchev–Trinajstić information content (AvgIpc) is 3.51. The summed E-state index contributed by atoms with van der Waals surface area (Å²) < 4.78 is 49.6. The number of benzene rings is 1. The molecule has 5 rings (SSSR count). The topological polar surface area (TPSA) is 102 Å². The smallest absolute Gasteiger partial charge is 0.392 e. The molecule has 0 bridgehead atoms. The number of nitrogens with one attached hydrogen (secondary N) is 2. The lowest BCUT2D eigenvalue weighted by Gasteiger charge is -2.11. The molecule has 1 fully saturated rings. The van der Waals surface area contributed by atoms with Crippen LogP contribution in [0.2, 0.25) is 0 Å². The van der Waals surface area contributed by atoms with Gasteiger partial charge in [0.2, 0.25) is 11.8 Å². The van der Waals surface area contributed by atoms with Crippen LogP contribution in [0.3, 0.4) is 0 Å². The van der Waals surface area contributed by atoms with E-state index in [1.54, 1.807) is 44.6 Å². The molecule has 2 N–H and O–H groups in total. The van der Waals surface area contributed by atoms with E-state index >= 15 is 0 Å². The molecule has 3 heterocycles. The SMILES string of the molecule is CNc1ncc(-c2nc3cc(OC)ccc3o2)c2cc(NC(=O)[C@H]3C[C@H]3C(F)(F)F)ncc12. The number of carbonyl (C=O) groups excluding carboxylic acids is 1. The number of oxazole rings is 1. The Labute approximate surface area is 185 Å². The molecule has 33 heavy (non-hydrogen) atoms. The summed E-state index contributed by atoms with van der Waals surface area (Å²) in [5, 5.41) is 6.71. The standard InChI is InChI=1S/C22H18F3N5O3/c1-26-19-13-8-27-18(30-20(31)12-6-15(12)22(23,24)25)7-11(13)14(9-28-19)21-29-16-5-10(32-2)3-4-17(16)33-21/h3-5,7-9,12,15H,6H2,1-2H3,(H,26,28)(H,27,30,31)/t12-,15+/m0/s1. The van der Waals surface area contributed by atoms with Gasteiger partial charge in [0, 0.05) is 36.3 Å². The van der Waals surface area contributed by atoms with Crippen molar-refractivity contribution >= 4 is 39.4 Å². The molecule has 2 atom stereocenters. The summed E-state index contributed by atoms with van der Waals surface area (Å²) >= 11 is 0. The van der Waals surface area contributed by atoms with Crippen molar-refractivity contribution in [2.45, 2.75) is 12.6 Å². The summed E-state index contributed by atoms with van der Waals surface area (Å²) in [5.74, 6) is -1.82. The van der Waals surface area contributed by atoms with E-state index < -0.39 is 23.9 Å². The van der Waals surface area contributed by atoms with Gasteiger partial charge in [-0.05, 0) is 24.6 Å². The van der Waals surface area contributed by atoms with Gasteiger partial charge in [-0.25, -0.2) is 15.0 Å². The molecule has 1 saturated carbocycles. The Bertz CT molecular complexity index is 1390. The lowest BCUT2D eigenvalue weighted by molar-refractivity contribution is -0.153. The van der Waals surface area contributed by atoms with Crippen LogP contribution in [0.4, 0.5) is 24.8 Å². The van der Waals surface area contributed by atoms with Crippen LogP contribution in [0.1, 0.15) is 6.42 Å². The number of pyridine rings is 2. The number of halogens is 3. The van der Waals surface area contributed by atoms with E-state index in [0.29, 0.717) is 44.9 Å². The molecule has 0 spiro atoms. The summed E-state index contributed by atoms with van der Waals surface area (Å²) in [6, 6.07) is 6.80. The Morgan fingerprint density at radius 1 is 1.18 bits per heavy atom. The fourth-order valence-corrected chi connectivity index (χ4v) is 3.79. The first-order chi connectivity index (χ1) is 15.8. The maximum absolute atomic E-state index is 12.8. The molecule has 0 radical (unpaired) electrons. The number of fused-ring (bicyclic) bond motifs is 2. The molecule has 0 saturated heterocycles. The molecular weight excluding hydrogens is 439 g/mol. The molecule has 8 nitrogen and oxygen atoms in total. The van der Waals surface area contributed by atoms with Crippen LogP contribution >= 0.6 is 0 Å². The Morgan fingerprint density at radius 2 is 2.00 bits per heavy atom. The van der Waals surface area contributed by atoms with Crippen molar-refractivity contribution in [2.75, 3.05) is 24.8 Å². The van der Waals surface area contributed by atoms with Crippen molar-refractivity contribution in [3.63, 3.8) is 0 Å². The minimum atomic E-state index is -4.38. The second-order valence-corrected chi connectivity index (χ2v) is 7.72. The van der Waals surface area contributed by atoms with Crippen LogP contribution in [0.5, 0.6) is 5.75 Å². The number of nitrogens with zero attached hydrogens (tertiary/aromatic N) is 3. The van der Waals surface area contributed by atoms with Gasteiger partial charge in [0.05, 0.1) is 24.5 Å². The third kappa shape index (κ3) is 3.79. The highest BCUT2D eigenvalue weighted by Crippen LogP contribution is 2.50. The summed E-state index contributed by atoms with van der Waals surface area (Å²) in [6.07, 6.45) is -1.53. The zero-order valence-electron chi connectivity index (χ0n) is 17.5. The maximum Gasteiger partial charge on any atom is 0.392 e. The summed E-state index contributed by atoms with van der Waals surface area (Å²) in [7, 11) is 3.25. The Kier molecular flexibility index (Phi) is 4.84. The molecule has 170 valence electrons. The zero-order valence-corrected chi connectivity index (χ0v) is 17.5. The highest BCUT2D eigenvalue weighted by molar-refractivity contribution is 6.03. The number of rotatable bonds is 5. The minimum Gasteiger partial charge on any atom is -0.497 e. The van der Waals surface area contributed by atoms with Crippen molar-refractivity contribution in [1.82, 2.24) is 15.0 Å². The largest absolute Gasteiger partial charge is 0.497 e. The van der Waals surface area contributed by atoms with Gasteiger partial charge in [-0.3, -0.25) is 4.79 Å². The van der Waals surface area contributed by atoms with Crippen molar-refractivity contribution in [3.8, 4) is 17.2 Å². The van der Waals surface area contributed by atoms with Gasteiger partial charge in [-0.2, -0.15) is 13.2 Å². The van der Waals surface area contributed by atoms with Crippen LogP contribution < -0.4 is 15.4 Å². The molecule has 0 aliphatic heterocycles. The third-order valence-corrected chi connectivity index (χ3v) is 5.63. The van der Waals surface area contributed by atoms with Gasteiger partial charge in [0.15, 0.2) is 5.58 Å². The number of hydrogen-bond acceptors (Lipinski definition) is 7. The lowest BCUT2D eigenvalue weighted by Crippen LogP contribution is -2.20. The second kappa shape index (κ2) is 7.61. The summed E-state index contributed by atoms with van der Waals surface area (Å²) in [4.78, 5) is 25.4. The molecule has 1 aliphatic rings. The first-order valence-corrected chi connectivity index (χ1v) is 10.1. The number of amides is 1. The Morgan fingerprint density at radius 3 is 2.70 bits per heavy atom. The van der Waals surface area contributed by atoms with Gasteiger partial charge in [-0.1, -0.05) is 0 Å². The first kappa shape index (κ1) is 21.0. The van der Waals surface area contributed by atoms with E-state index in [0.717, 1.165) is 0 Å². The number of aromatic nitrogens is 3. The number of ether oxygens (including phenoxy) is 1. The van der Waals surface area contributed by atoms with E-state index in [1.165, 1.54) is 6.20 Å². The molecule has 1 amide bonds. The van der Waals surface area contributed by atoms with E-state index in [2.05, 4.69) is 25.6 Å². The number of anilines is 2. The van der Waals surface area contributed by atoms with Gasteiger partial charge in [-0.15, -0.1) is 0 Å². The Hall–Kier alpha value is -3.89. The molecule has 3 aromatic heterocycles. The number of methoxy groups -OCH3 is 1. The van der Waals surface area contributed by atoms with Crippen LogP contribution in [0.25, 0.3) is 33.3 Å². The van der Waals surface area contributed by atoms with Crippen molar-refractivity contribution in [2.24, 2.45) is 11.8 Å². The second-order valence-electron chi connectivity index (χ2n) is 7.72.